The first-order valence-corrected chi connectivity index (χ1v) is 11.3. The van der Waals surface area contributed by atoms with Crippen molar-refractivity contribution in [2.45, 2.75) is 11.3 Å². The number of pyridine rings is 1. The molecule has 0 aliphatic heterocycles. The molecule has 32 heavy (non-hydrogen) atoms. The van der Waals surface area contributed by atoms with Crippen LogP contribution in [0, 0.1) is 0 Å². The van der Waals surface area contributed by atoms with Gasteiger partial charge in [-0.25, -0.2) is 8.42 Å². The molecule has 0 bridgehead atoms. The van der Waals surface area contributed by atoms with Crippen LogP contribution in [-0.2, 0) is 21.2 Å². The molecule has 0 radical (unpaired) electrons. The number of nitrogens with zero attached hydrogens (tertiary/aromatic N) is 1. The predicted octanol–water partition coefficient (Wildman–Crippen LogP) is 1.52. The zero-order chi connectivity index (χ0) is 23.3. The summed E-state index contributed by atoms with van der Waals surface area (Å²) in [4.78, 5) is 26.4. The Balaban J connectivity index is 1.60. The lowest BCUT2D eigenvalue weighted by Crippen LogP contribution is -2.39. The summed E-state index contributed by atoms with van der Waals surface area (Å²) in [6.45, 7) is 0.0173. The van der Waals surface area contributed by atoms with Crippen LogP contribution in [0.1, 0.15) is 5.56 Å². The number of fused-ring (bicyclic) bond motifs is 1. The topological polar surface area (TPSA) is 118 Å². The van der Waals surface area contributed by atoms with Gasteiger partial charge in [0.15, 0.2) is 11.5 Å². The highest BCUT2D eigenvalue weighted by molar-refractivity contribution is 7.89. The lowest BCUT2D eigenvalue weighted by atomic mass is 10.1. The number of H-pyrrole nitrogens is 1. The van der Waals surface area contributed by atoms with Crippen molar-refractivity contribution in [3.05, 3.63) is 64.4 Å². The fraction of sp³-hybridized carbons (Fsp3) is 0.273. The molecule has 1 aromatic heterocycles. The Hall–Kier alpha value is -3.37. The monoisotopic (exact) mass is 459 g/mol. The fourth-order valence-electron chi connectivity index (χ4n) is 3.20. The van der Waals surface area contributed by atoms with Gasteiger partial charge in [-0.2, -0.15) is 4.31 Å². The van der Waals surface area contributed by atoms with E-state index in [1.165, 1.54) is 31.3 Å². The number of hydrogen-bond acceptors (Lipinski definition) is 6. The SMILES string of the molecule is COc1ccc(CCNC(=O)CN(C)S(=O)(=O)c2ccc3[nH]c(=O)ccc3c2)cc1OC. The Labute approximate surface area is 186 Å². The van der Waals surface area contributed by atoms with E-state index in [9.17, 15) is 18.0 Å². The number of carbonyl (C=O) groups is 1. The highest BCUT2D eigenvalue weighted by Gasteiger charge is 2.23. The molecule has 0 unspecified atom stereocenters. The molecule has 0 aliphatic rings. The molecule has 1 heterocycles. The summed E-state index contributed by atoms with van der Waals surface area (Å²) in [7, 11) is 0.575. The number of aromatic amines is 1. The Morgan fingerprint density at radius 2 is 1.78 bits per heavy atom. The fourth-order valence-corrected chi connectivity index (χ4v) is 4.36. The Bertz CT molecular complexity index is 1290. The van der Waals surface area contributed by atoms with E-state index in [2.05, 4.69) is 10.3 Å². The first kappa shape index (κ1) is 23.3. The van der Waals surface area contributed by atoms with E-state index in [1.54, 1.807) is 26.4 Å². The van der Waals surface area contributed by atoms with Crippen LogP contribution in [0.4, 0.5) is 0 Å². The molecule has 0 saturated heterocycles. The Morgan fingerprint density at radius 1 is 1.03 bits per heavy atom. The molecule has 3 rings (SSSR count). The van der Waals surface area contributed by atoms with E-state index in [4.69, 9.17) is 9.47 Å². The smallest absolute Gasteiger partial charge is 0.248 e. The zero-order valence-electron chi connectivity index (χ0n) is 18.0. The number of likely N-dealkylation sites (N-methyl/N-ethyl adjacent to an activating group) is 1. The van der Waals surface area contributed by atoms with E-state index in [-0.39, 0.29) is 17.0 Å². The third-order valence-electron chi connectivity index (χ3n) is 4.95. The number of ether oxygens (including phenoxy) is 2. The number of benzene rings is 2. The zero-order valence-corrected chi connectivity index (χ0v) is 18.9. The van der Waals surface area contributed by atoms with E-state index in [0.29, 0.717) is 35.4 Å². The van der Waals surface area contributed by atoms with Gasteiger partial charge in [-0.3, -0.25) is 9.59 Å². The summed E-state index contributed by atoms with van der Waals surface area (Å²) >= 11 is 0. The number of amides is 1. The van der Waals surface area contributed by atoms with Gasteiger partial charge in [-0.1, -0.05) is 6.07 Å². The average molecular weight is 460 g/mol. The molecule has 10 heteroatoms. The summed E-state index contributed by atoms with van der Waals surface area (Å²) in [6, 6.07) is 12.8. The van der Waals surface area contributed by atoms with Gasteiger partial charge in [-0.15, -0.1) is 0 Å². The summed E-state index contributed by atoms with van der Waals surface area (Å²) in [6.07, 6.45) is 0.547. The first-order chi connectivity index (χ1) is 15.2. The van der Waals surface area contributed by atoms with Crippen LogP contribution in [0.3, 0.4) is 0 Å². The normalized spacial score (nSPS) is 11.5. The number of rotatable bonds is 9. The molecule has 1 amide bonds. The van der Waals surface area contributed by atoms with Gasteiger partial charge in [0.1, 0.15) is 0 Å². The molecule has 0 aliphatic carbocycles. The Kier molecular flexibility index (Phi) is 7.16. The number of aromatic nitrogens is 1. The van der Waals surface area contributed by atoms with Crippen LogP contribution in [0.15, 0.2) is 58.2 Å². The molecule has 2 aromatic carbocycles. The van der Waals surface area contributed by atoms with Gasteiger partial charge in [0.2, 0.25) is 21.5 Å². The predicted molar refractivity (Wildman–Crippen MR) is 121 cm³/mol. The van der Waals surface area contributed by atoms with E-state index in [0.717, 1.165) is 9.87 Å². The molecule has 2 N–H and O–H groups in total. The molecule has 9 nitrogen and oxygen atoms in total. The maximum Gasteiger partial charge on any atom is 0.248 e. The third-order valence-corrected chi connectivity index (χ3v) is 6.75. The first-order valence-electron chi connectivity index (χ1n) is 9.81. The van der Waals surface area contributed by atoms with E-state index >= 15 is 0 Å². The number of nitrogens with one attached hydrogen (secondary N) is 2. The van der Waals surface area contributed by atoms with Crippen molar-refractivity contribution in [1.82, 2.24) is 14.6 Å². The lowest BCUT2D eigenvalue weighted by Gasteiger charge is -2.17. The van der Waals surface area contributed by atoms with E-state index in [1.807, 2.05) is 12.1 Å². The summed E-state index contributed by atoms with van der Waals surface area (Å²) in [5.41, 5.74) is 1.21. The largest absolute Gasteiger partial charge is 0.493 e. The maximum absolute atomic E-state index is 12.9. The second-order valence-corrected chi connectivity index (χ2v) is 9.17. The van der Waals surface area contributed by atoms with Crippen LogP contribution in [0.5, 0.6) is 11.5 Å². The summed E-state index contributed by atoms with van der Waals surface area (Å²) < 4.78 is 37.2. The van der Waals surface area contributed by atoms with Crippen LogP contribution < -0.4 is 20.3 Å². The second-order valence-electron chi connectivity index (χ2n) is 7.12. The van der Waals surface area contributed by atoms with E-state index < -0.39 is 15.9 Å². The molecular weight excluding hydrogens is 434 g/mol. The van der Waals surface area contributed by atoms with Crippen molar-refractivity contribution >= 4 is 26.8 Å². The van der Waals surface area contributed by atoms with Crippen molar-refractivity contribution in [3.8, 4) is 11.5 Å². The minimum Gasteiger partial charge on any atom is -0.493 e. The molecule has 0 atom stereocenters. The maximum atomic E-state index is 12.9. The molecule has 0 saturated carbocycles. The standard InChI is InChI=1S/C22H25N3O6S/c1-25(32(28,29)17-6-7-18-16(13-17)5-9-21(26)24-18)14-22(27)23-11-10-15-4-8-19(30-2)20(12-15)31-3/h4-9,12-13H,10-11,14H2,1-3H3,(H,23,27)(H,24,26). The lowest BCUT2D eigenvalue weighted by molar-refractivity contribution is -0.121. The van der Waals surface area contributed by atoms with Gasteiger partial charge in [0.05, 0.1) is 25.7 Å². The second kappa shape index (κ2) is 9.84. The van der Waals surface area contributed by atoms with Crippen LogP contribution in [0.2, 0.25) is 0 Å². The summed E-state index contributed by atoms with van der Waals surface area (Å²) in [5, 5.41) is 3.31. The minimum absolute atomic E-state index is 0.0395. The third kappa shape index (κ3) is 5.27. The van der Waals surface area contributed by atoms with Crippen LogP contribution >= 0.6 is 0 Å². The molecule has 0 spiro atoms. The van der Waals surface area contributed by atoms with Crippen molar-refractivity contribution in [2.24, 2.45) is 0 Å². The highest BCUT2D eigenvalue weighted by atomic mass is 32.2. The number of hydrogen-bond donors (Lipinski definition) is 2. The van der Waals surface area contributed by atoms with Crippen molar-refractivity contribution < 1.29 is 22.7 Å². The quantitative estimate of drug-likeness (QED) is 0.501. The summed E-state index contributed by atoms with van der Waals surface area (Å²) in [5.74, 6) is 0.801. The Morgan fingerprint density at radius 3 is 2.50 bits per heavy atom. The van der Waals surface area contributed by atoms with Crippen molar-refractivity contribution in [2.75, 3.05) is 34.4 Å². The molecule has 0 fully saturated rings. The minimum atomic E-state index is -3.88. The molecule has 3 aromatic rings. The van der Waals surface area contributed by atoms with Gasteiger partial charge in [-0.05, 0) is 53.8 Å². The van der Waals surface area contributed by atoms with Gasteiger partial charge >= 0.3 is 0 Å². The molecule has 170 valence electrons. The number of carbonyl (C=O) groups excluding carboxylic acids is 1. The molecular formula is C22H25N3O6S. The highest BCUT2D eigenvalue weighted by Crippen LogP contribution is 2.27. The van der Waals surface area contributed by atoms with Crippen molar-refractivity contribution in [1.29, 1.82) is 0 Å². The average Bonchev–Trinajstić information content (AvgIpc) is 2.78. The van der Waals surface area contributed by atoms with Crippen LogP contribution in [-0.4, -0.2) is 58.0 Å². The van der Waals surface area contributed by atoms with Gasteiger partial charge in [0, 0.05) is 25.2 Å². The van der Waals surface area contributed by atoms with Crippen LogP contribution in [0.25, 0.3) is 10.9 Å². The van der Waals surface area contributed by atoms with Gasteiger partial charge < -0.3 is 19.8 Å². The van der Waals surface area contributed by atoms with Crippen molar-refractivity contribution in [3.63, 3.8) is 0 Å². The number of methoxy groups -OCH3 is 2. The van der Waals surface area contributed by atoms with Gasteiger partial charge in [0.25, 0.3) is 0 Å². The number of sulfonamides is 1.